The molecule has 0 spiro atoms. The Morgan fingerprint density at radius 1 is 1.09 bits per heavy atom. The highest BCUT2D eigenvalue weighted by molar-refractivity contribution is 7.22. The molecule has 0 atom stereocenters. The summed E-state index contributed by atoms with van der Waals surface area (Å²) >= 11 is 5.33. The number of nitrogens with one attached hydrogen (secondary N) is 1. The first-order chi connectivity index (χ1) is 9.97. The van der Waals surface area contributed by atoms with E-state index in [2.05, 4.69) is 16.6 Å². The average molecular weight is 363 g/mol. The maximum Gasteiger partial charge on any atom is 0.425 e. The zero-order chi connectivity index (χ0) is 16.8. The summed E-state index contributed by atoms with van der Waals surface area (Å²) in [5.41, 5.74) is 0.321. The molecule has 0 fully saturated rings. The molecule has 0 radical (unpaired) electrons. The Hall–Kier alpha value is -1.55. The molecule has 0 saturated heterocycles. The molecule has 120 valence electrons. The van der Waals surface area contributed by atoms with E-state index in [1.165, 1.54) is 11.4 Å². The third-order valence-corrected chi connectivity index (χ3v) is 4.16. The minimum atomic E-state index is -6.02. The van der Waals surface area contributed by atoms with Crippen LogP contribution in [0.5, 0.6) is 0 Å². The van der Waals surface area contributed by atoms with Gasteiger partial charge in [0.2, 0.25) is 0 Å². The van der Waals surface area contributed by atoms with E-state index in [1.54, 1.807) is 18.2 Å². The van der Waals surface area contributed by atoms with Crippen LogP contribution in [0.4, 0.5) is 31.5 Å². The van der Waals surface area contributed by atoms with Gasteiger partial charge in [-0.3, -0.25) is 10.1 Å². The van der Waals surface area contributed by atoms with E-state index >= 15 is 0 Å². The van der Waals surface area contributed by atoms with Gasteiger partial charge in [0.25, 0.3) is 5.91 Å². The van der Waals surface area contributed by atoms with Crippen LogP contribution in [0.3, 0.4) is 0 Å². The number of amides is 1. The van der Waals surface area contributed by atoms with Crippen LogP contribution >= 0.6 is 22.9 Å². The first kappa shape index (κ1) is 16.8. The van der Waals surface area contributed by atoms with E-state index in [0.717, 1.165) is 11.3 Å². The summed E-state index contributed by atoms with van der Waals surface area (Å²) in [4.78, 5) is 10.2. The Kier molecular flexibility index (Phi) is 4.03. The van der Waals surface area contributed by atoms with E-state index in [9.17, 15) is 31.1 Å². The van der Waals surface area contributed by atoms with Crippen LogP contribution in [0.25, 0.3) is 10.2 Å². The second-order valence-electron chi connectivity index (χ2n) is 4.09. The molecule has 1 aromatic heterocycles. The van der Waals surface area contributed by atoms with Crippen molar-refractivity contribution in [1.82, 2.24) is 4.98 Å². The normalized spacial score (nSPS) is 13.4. The second-order valence-corrected chi connectivity index (χ2v) is 5.69. The van der Waals surface area contributed by atoms with Gasteiger partial charge in [0.15, 0.2) is 5.13 Å². The molecular weight excluding hydrogens is 358 g/mol. The molecule has 22 heavy (non-hydrogen) atoms. The number of hydrogen-bond donors (Lipinski definition) is 1. The maximum atomic E-state index is 12.6. The first-order valence-corrected chi connectivity index (χ1v) is 6.65. The Balaban J connectivity index is 2.36. The fourth-order valence-electron chi connectivity index (χ4n) is 1.53. The van der Waals surface area contributed by atoms with Crippen LogP contribution < -0.4 is 5.32 Å². The third-order valence-electron chi connectivity index (χ3n) is 2.61. The molecule has 0 bridgehead atoms. The van der Waals surface area contributed by atoms with E-state index in [0.29, 0.717) is 10.2 Å². The lowest BCUT2D eigenvalue weighted by atomic mass is 10.1. The number of anilines is 1. The number of fused-ring (bicyclic) bond motifs is 1. The average Bonchev–Trinajstić information content (AvgIpc) is 2.76. The second kappa shape index (κ2) is 5.27. The minimum absolute atomic E-state index is 0.321. The van der Waals surface area contributed by atoms with Crippen LogP contribution in [0.15, 0.2) is 24.3 Å². The zero-order valence-corrected chi connectivity index (χ0v) is 11.8. The van der Waals surface area contributed by atoms with E-state index in [1.807, 2.05) is 0 Å². The molecule has 3 nitrogen and oxygen atoms in total. The van der Waals surface area contributed by atoms with Gasteiger partial charge < -0.3 is 0 Å². The summed E-state index contributed by atoms with van der Waals surface area (Å²) in [5.74, 6) is -2.45. The van der Waals surface area contributed by atoms with Crippen molar-refractivity contribution in [1.29, 1.82) is 0 Å². The lowest BCUT2D eigenvalue weighted by Crippen LogP contribution is -2.60. The van der Waals surface area contributed by atoms with Crippen molar-refractivity contribution in [2.75, 3.05) is 5.32 Å². The number of rotatable bonds is 2. The van der Waals surface area contributed by atoms with Crippen LogP contribution in [0.1, 0.15) is 0 Å². The summed E-state index contributed by atoms with van der Waals surface area (Å²) in [6.07, 6.45) is -12.0. The van der Waals surface area contributed by atoms with Crippen molar-refractivity contribution in [3.05, 3.63) is 24.3 Å². The highest BCUT2D eigenvalue weighted by Gasteiger charge is 2.75. The summed E-state index contributed by atoms with van der Waals surface area (Å²) < 4.78 is 76.3. The standard InChI is InChI=1S/C11H5ClF6N2OS/c12-9(10(13,14)15,11(16,17)18)7(21)20-8-19-5-3-1-2-4-6(5)22-8/h1-4H,(H,19,20,21). The lowest BCUT2D eigenvalue weighted by molar-refractivity contribution is -0.258. The number of halogens is 7. The lowest BCUT2D eigenvalue weighted by Gasteiger charge is -2.29. The number of carbonyl (C=O) groups excluding carboxylic acids is 1. The fourth-order valence-corrected chi connectivity index (χ4v) is 2.44. The molecule has 1 aromatic carbocycles. The van der Waals surface area contributed by atoms with E-state index < -0.39 is 28.3 Å². The van der Waals surface area contributed by atoms with Crippen molar-refractivity contribution in [3.8, 4) is 0 Å². The van der Waals surface area contributed by atoms with E-state index in [4.69, 9.17) is 0 Å². The van der Waals surface area contributed by atoms with Crippen LogP contribution in [0.2, 0.25) is 0 Å². The Labute approximate surface area is 127 Å². The van der Waals surface area contributed by atoms with Crippen molar-refractivity contribution >= 4 is 44.2 Å². The van der Waals surface area contributed by atoms with Gasteiger partial charge in [-0.25, -0.2) is 4.98 Å². The van der Waals surface area contributed by atoms with Crippen molar-refractivity contribution < 1.29 is 31.1 Å². The molecule has 0 aliphatic heterocycles. The Bertz CT molecular complexity index is 663. The number of aromatic nitrogens is 1. The number of carbonyl (C=O) groups is 1. The molecule has 0 aliphatic rings. The van der Waals surface area contributed by atoms with Gasteiger partial charge in [-0.1, -0.05) is 35.1 Å². The molecule has 0 aliphatic carbocycles. The number of hydrogen-bond acceptors (Lipinski definition) is 3. The summed E-state index contributed by atoms with van der Waals surface area (Å²) in [7, 11) is 0. The van der Waals surface area contributed by atoms with Gasteiger partial charge in [-0.2, -0.15) is 26.3 Å². The summed E-state index contributed by atoms with van der Waals surface area (Å²) in [6.45, 7) is 0. The highest BCUT2D eigenvalue weighted by Crippen LogP contribution is 2.48. The highest BCUT2D eigenvalue weighted by atomic mass is 35.5. The minimum Gasteiger partial charge on any atom is -0.300 e. The predicted octanol–water partition coefficient (Wildman–Crippen LogP) is 4.34. The molecule has 0 saturated carbocycles. The number of nitrogens with zero attached hydrogens (tertiary/aromatic N) is 1. The SMILES string of the molecule is O=C(Nc1nc2ccccc2s1)C(Cl)(C(F)(F)F)C(F)(F)F. The number of alkyl halides is 7. The van der Waals surface area contributed by atoms with Gasteiger partial charge in [0, 0.05) is 0 Å². The number of thiazole rings is 1. The molecule has 1 amide bonds. The van der Waals surface area contributed by atoms with Gasteiger partial charge in [0.05, 0.1) is 10.2 Å². The van der Waals surface area contributed by atoms with Gasteiger partial charge in [0.1, 0.15) is 0 Å². The topological polar surface area (TPSA) is 42.0 Å². The largest absolute Gasteiger partial charge is 0.425 e. The van der Waals surface area contributed by atoms with Gasteiger partial charge in [-0.15, -0.1) is 0 Å². The van der Waals surface area contributed by atoms with E-state index in [-0.39, 0.29) is 0 Å². The predicted molar refractivity (Wildman–Crippen MR) is 68.9 cm³/mol. The first-order valence-electron chi connectivity index (χ1n) is 5.46. The van der Waals surface area contributed by atoms with Crippen LogP contribution in [-0.2, 0) is 4.79 Å². The van der Waals surface area contributed by atoms with Gasteiger partial charge >= 0.3 is 17.2 Å². The van der Waals surface area contributed by atoms with Gasteiger partial charge in [-0.05, 0) is 12.1 Å². The quantitative estimate of drug-likeness (QED) is 0.638. The molecule has 2 aromatic rings. The number of para-hydroxylation sites is 1. The molecular formula is C11H5ClF6N2OS. The Morgan fingerprint density at radius 2 is 1.64 bits per heavy atom. The molecule has 0 unspecified atom stereocenters. The molecule has 1 N–H and O–H groups in total. The van der Waals surface area contributed by atoms with Crippen molar-refractivity contribution in [2.45, 2.75) is 17.2 Å². The van der Waals surface area contributed by atoms with Crippen LogP contribution in [0, 0.1) is 0 Å². The Morgan fingerprint density at radius 3 is 2.14 bits per heavy atom. The zero-order valence-electron chi connectivity index (χ0n) is 10.2. The van der Waals surface area contributed by atoms with Crippen LogP contribution in [-0.4, -0.2) is 28.1 Å². The molecule has 2 rings (SSSR count). The molecule has 1 heterocycles. The van der Waals surface area contributed by atoms with Crippen molar-refractivity contribution in [3.63, 3.8) is 0 Å². The maximum absolute atomic E-state index is 12.6. The van der Waals surface area contributed by atoms with Crippen molar-refractivity contribution in [2.24, 2.45) is 0 Å². The third kappa shape index (κ3) is 2.72. The molecule has 11 heteroatoms. The fraction of sp³-hybridized carbons (Fsp3) is 0.273. The monoisotopic (exact) mass is 362 g/mol. The summed E-state index contributed by atoms with van der Waals surface area (Å²) in [5, 5.41) is 1.07. The number of benzene rings is 1. The summed E-state index contributed by atoms with van der Waals surface area (Å²) in [6, 6.07) is 6.21. The smallest absolute Gasteiger partial charge is 0.300 e.